The maximum absolute atomic E-state index is 13.0. The minimum Gasteiger partial charge on any atom is -0.497 e. The maximum atomic E-state index is 13.0. The molecule has 1 heterocycles. The number of nitrogens with zero attached hydrogens (tertiary/aromatic N) is 1. The molecule has 0 radical (unpaired) electrons. The quantitative estimate of drug-likeness (QED) is 0.720. The summed E-state index contributed by atoms with van der Waals surface area (Å²) in [5, 5.41) is 1.25. The number of hydrogen-bond donors (Lipinski definition) is 1. The van der Waals surface area contributed by atoms with Crippen LogP contribution in [-0.4, -0.2) is 43.6 Å². The van der Waals surface area contributed by atoms with Crippen molar-refractivity contribution >= 4 is 16.8 Å². The van der Waals surface area contributed by atoms with E-state index in [9.17, 15) is 4.79 Å². The lowest BCUT2D eigenvalue weighted by atomic mass is 9.94. The first kappa shape index (κ1) is 17.5. The van der Waals surface area contributed by atoms with Gasteiger partial charge in [-0.2, -0.15) is 0 Å². The van der Waals surface area contributed by atoms with Gasteiger partial charge >= 0.3 is 0 Å². The molecule has 0 spiro atoms. The lowest BCUT2D eigenvalue weighted by Crippen LogP contribution is -2.34. The Labute approximate surface area is 158 Å². The summed E-state index contributed by atoms with van der Waals surface area (Å²) in [4.78, 5) is 18.2. The summed E-state index contributed by atoms with van der Waals surface area (Å²) in [6.45, 7) is 0.688. The van der Waals surface area contributed by atoms with Gasteiger partial charge in [0.2, 0.25) is 0 Å². The number of nitrogens with one attached hydrogen (secondary N) is 1. The first-order valence-electron chi connectivity index (χ1n) is 9.11. The molecule has 0 bridgehead atoms. The average Bonchev–Trinajstić information content (AvgIpc) is 3.34. The van der Waals surface area contributed by atoms with Crippen LogP contribution in [0.1, 0.15) is 28.8 Å². The standard InChI is InChI=1S/C22H24N2O3/c1-24(21(25)15-10-16(26-2)12-17(11-15)27-3)14-22(8-9-22)19-13-23-20-7-5-4-6-18(19)20/h4-7,10-13,23H,8-9,14H2,1-3H3. The number of hydrogen-bond acceptors (Lipinski definition) is 3. The number of carbonyl (C=O) groups is 1. The van der Waals surface area contributed by atoms with E-state index in [0.717, 1.165) is 18.4 Å². The van der Waals surface area contributed by atoms with Crippen molar-refractivity contribution in [3.05, 3.63) is 59.8 Å². The molecule has 1 aromatic heterocycles. The van der Waals surface area contributed by atoms with Crippen molar-refractivity contribution in [2.75, 3.05) is 27.8 Å². The molecule has 1 aliphatic rings. The summed E-state index contributed by atoms with van der Waals surface area (Å²) in [7, 11) is 5.04. The summed E-state index contributed by atoms with van der Waals surface area (Å²) < 4.78 is 10.6. The monoisotopic (exact) mass is 364 g/mol. The minimum absolute atomic E-state index is 0.0293. The molecule has 0 saturated heterocycles. The number of amides is 1. The van der Waals surface area contributed by atoms with E-state index in [4.69, 9.17) is 9.47 Å². The van der Waals surface area contributed by atoms with Crippen LogP contribution in [0.15, 0.2) is 48.7 Å². The van der Waals surface area contributed by atoms with Crippen molar-refractivity contribution in [3.63, 3.8) is 0 Å². The molecular formula is C22H24N2O3. The van der Waals surface area contributed by atoms with E-state index in [1.807, 2.05) is 18.0 Å². The van der Waals surface area contributed by atoms with Gasteiger partial charge in [0.05, 0.1) is 14.2 Å². The average molecular weight is 364 g/mol. The van der Waals surface area contributed by atoms with Crippen LogP contribution in [0.25, 0.3) is 10.9 Å². The smallest absolute Gasteiger partial charge is 0.253 e. The van der Waals surface area contributed by atoms with Gasteiger partial charge < -0.3 is 19.4 Å². The fraction of sp³-hybridized carbons (Fsp3) is 0.318. The van der Waals surface area contributed by atoms with Gasteiger partial charge in [-0.25, -0.2) is 0 Å². The number of fused-ring (bicyclic) bond motifs is 1. The summed E-state index contributed by atoms with van der Waals surface area (Å²) in [6, 6.07) is 13.6. The number of likely N-dealkylation sites (N-methyl/N-ethyl adjacent to an activating group) is 1. The molecule has 1 saturated carbocycles. The van der Waals surface area contributed by atoms with E-state index in [1.54, 1.807) is 32.4 Å². The number of H-pyrrole nitrogens is 1. The number of rotatable bonds is 6. The second kappa shape index (κ2) is 6.65. The van der Waals surface area contributed by atoms with E-state index in [0.29, 0.717) is 23.6 Å². The third-order valence-corrected chi connectivity index (χ3v) is 5.50. The predicted molar refractivity (Wildman–Crippen MR) is 106 cm³/mol. The molecule has 140 valence electrons. The molecule has 0 unspecified atom stereocenters. The molecule has 0 atom stereocenters. The molecule has 3 aromatic rings. The van der Waals surface area contributed by atoms with Crippen molar-refractivity contribution in [1.82, 2.24) is 9.88 Å². The van der Waals surface area contributed by atoms with Gasteiger partial charge in [-0.1, -0.05) is 18.2 Å². The zero-order valence-electron chi connectivity index (χ0n) is 15.9. The van der Waals surface area contributed by atoms with Crippen molar-refractivity contribution in [3.8, 4) is 11.5 Å². The number of aromatic amines is 1. The van der Waals surface area contributed by atoms with Gasteiger partial charge in [0.25, 0.3) is 5.91 Å². The first-order valence-corrected chi connectivity index (χ1v) is 9.11. The van der Waals surface area contributed by atoms with Crippen LogP contribution in [0.3, 0.4) is 0 Å². The number of para-hydroxylation sites is 1. The van der Waals surface area contributed by atoms with Crippen molar-refractivity contribution in [2.24, 2.45) is 0 Å². The molecular weight excluding hydrogens is 340 g/mol. The molecule has 1 fully saturated rings. The Hall–Kier alpha value is -2.95. The van der Waals surface area contributed by atoms with Crippen LogP contribution in [0, 0.1) is 0 Å². The van der Waals surface area contributed by atoms with E-state index in [1.165, 1.54) is 10.9 Å². The molecule has 4 rings (SSSR count). The summed E-state index contributed by atoms with van der Waals surface area (Å²) in [6.07, 6.45) is 4.28. The normalized spacial score (nSPS) is 14.8. The summed E-state index contributed by atoms with van der Waals surface area (Å²) in [5.41, 5.74) is 3.06. The summed E-state index contributed by atoms with van der Waals surface area (Å²) in [5.74, 6) is 1.20. The van der Waals surface area contributed by atoms with Crippen LogP contribution >= 0.6 is 0 Å². The second-order valence-electron chi connectivity index (χ2n) is 7.29. The zero-order valence-corrected chi connectivity index (χ0v) is 15.9. The number of methoxy groups -OCH3 is 2. The molecule has 1 N–H and O–H groups in total. The van der Waals surface area contributed by atoms with Crippen LogP contribution in [0.4, 0.5) is 0 Å². The molecule has 0 aliphatic heterocycles. The van der Waals surface area contributed by atoms with Crippen molar-refractivity contribution < 1.29 is 14.3 Å². The molecule has 5 heteroatoms. The molecule has 1 amide bonds. The van der Waals surface area contributed by atoms with Crippen LogP contribution in [0.2, 0.25) is 0 Å². The third-order valence-electron chi connectivity index (χ3n) is 5.50. The number of carbonyl (C=O) groups excluding carboxylic acids is 1. The van der Waals surface area contributed by atoms with Gasteiger partial charge in [0.1, 0.15) is 11.5 Å². The number of benzene rings is 2. The third kappa shape index (κ3) is 3.14. The fourth-order valence-electron chi connectivity index (χ4n) is 3.85. The van der Waals surface area contributed by atoms with Gasteiger partial charge in [-0.3, -0.25) is 4.79 Å². The Morgan fingerprint density at radius 2 is 1.78 bits per heavy atom. The number of aromatic nitrogens is 1. The topological polar surface area (TPSA) is 54.6 Å². The molecule has 27 heavy (non-hydrogen) atoms. The van der Waals surface area contributed by atoms with Crippen molar-refractivity contribution in [2.45, 2.75) is 18.3 Å². The van der Waals surface area contributed by atoms with Crippen LogP contribution in [0.5, 0.6) is 11.5 Å². The minimum atomic E-state index is -0.0293. The maximum Gasteiger partial charge on any atom is 0.253 e. The highest BCUT2D eigenvalue weighted by molar-refractivity contribution is 5.95. The van der Waals surface area contributed by atoms with Gasteiger partial charge in [-0.15, -0.1) is 0 Å². The van der Waals surface area contributed by atoms with Crippen LogP contribution in [-0.2, 0) is 5.41 Å². The van der Waals surface area contributed by atoms with Crippen molar-refractivity contribution in [1.29, 1.82) is 0 Å². The molecule has 1 aliphatic carbocycles. The first-order chi connectivity index (χ1) is 13.1. The summed E-state index contributed by atoms with van der Waals surface area (Å²) >= 11 is 0. The van der Waals surface area contributed by atoms with Crippen LogP contribution < -0.4 is 9.47 Å². The molecule has 5 nitrogen and oxygen atoms in total. The van der Waals surface area contributed by atoms with E-state index in [2.05, 4.69) is 29.4 Å². The SMILES string of the molecule is COc1cc(OC)cc(C(=O)N(C)CC2(c3c[nH]c4ccccc34)CC2)c1. The Kier molecular flexibility index (Phi) is 4.30. The zero-order chi connectivity index (χ0) is 19.0. The Morgan fingerprint density at radius 1 is 1.11 bits per heavy atom. The highest BCUT2D eigenvalue weighted by Gasteiger charge is 2.47. The highest BCUT2D eigenvalue weighted by atomic mass is 16.5. The predicted octanol–water partition coefficient (Wildman–Crippen LogP) is 3.99. The van der Waals surface area contributed by atoms with E-state index >= 15 is 0 Å². The highest BCUT2D eigenvalue weighted by Crippen LogP contribution is 2.51. The van der Waals surface area contributed by atoms with E-state index < -0.39 is 0 Å². The lowest BCUT2D eigenvalue weighted by Gasteiger charge is -2.24. The lowest BCUT2D eigenvalue weighted by molar-refractivity contribution is 0.0781. The van der Waals surface area contributed by atoms with Gasteiger partial charge in [-0.05, 0) is 36.6 Å². The number of ether oxygens (including phenoxy) is 2. The Bertz CT molecular complexity index is 966. The Morgan fingerprint density at radius 3 is 2.41 bits per heavy atom. The van der Waals surface area contributed by atoms with E-state index in [-0.39, 0.29) is 11.3 Å². The van der Waals surface area contributed by atoms with Gasteiger partial charge in [0, 0.05) is 47.7 Å². The fourth-order valence-corrected chi connectivity index (χ4v) is 3.85. The Balaban J connectivity index is 1.58. The largest absolute Gasteiger partial charge is 0.497 e. The molecule has 2 aromatic carbocycles. The van der Waals surface area contributed by atoms with Gasteiger partial charge in [0.15, 0.2) is 0 Å². The second-order valence-corrected chi connectivity index (χ2v) is 7.29.